The summed E-state index contributed by atoms with van der Waals surface area (Å²) in [5.41, 5.74) is 0. The third kappa shape index (κ3) is 4.53. The molecular weight excluding hydrogens is 444 g/mol. The molecule has 0 aliphatic carbocycles. The molecule has 1 heterocycles. The van der Waals surface area contributed by atoms with Crippen molar-refractivity contribution in [2.45, 2.75) is 17.7 Å². The molecule has 0 radical (unpaired) electrons. The molecule has 144 valence electrons. The maximum atomic E-state index is 13.4. The highest BCUT2D eigenvalue weighted by Crippen LogP contribution is 2.26. The van der Waals surface area contributed by atoms with Crippen molar-refractivity contribution < 1.29 is 26.7 Å². The fourth-order valence-electron chi connectivity index (χ4n) is 2.82. The van der Waals surface area contributed by atoms with E-state index >= 15 is 0 Å². The number of esters is 1. The highest BCUT2D eigenvalue weighted by Gasteiger charge is 2.33. The minimum Gasteiger partial charge on any atom is -0.426 e. The molecule has 0 atom stereocenters. The van der Waals surface area contributed by atoms with Gasteiger partial charge in [0.25, 0.3) is 0 Å². The van der Waals surface area contributed by atoms with E-state index < -0.39 is 33.5 Å². The van der Waals surface area contributed by atoms with Gasteiger partial charge in [0, 0.05) is 17.6 Å². The Morgan fingerprint density at radius 3 is 2.26 bits per heavy atom. The van der Waals surface area contributed by atoms with Crippen molar-refractivity contribution in [2.24, 2.45) is 5.92 Å². The minimum absolute atomic E-state index is 0.0986. The van der Waals surface area contributed by atoms with E-state index in [1.54, 1.807) is 24.3 Å². The summed E-state index contributed by atoms with van der Waals surface area (Å²) in [7, 11) is -3.94. The van der Waals surface area contributed by atoms with Crippen LogP contribution in [0, 0.1) is 17.6 Å². The third-order valence-electron chi connectivity index (χ3n) is 4.35. The van der Waals surface area contributed by atoms with Crippen LogP contribution in [-0.4, -0.2) is 31.8 Å². The number of hydrogen-bond acceptors (Lipinski definition) is 4. The summed E-state index contributed by atoms with van der Waals surface area (Å²) in [5, 5.41) is 0. The second-order valence-electron chi connectivity index (χ2n) is 6.13. The first-order valence-corrected chi connectivity index (χ1v) is 10.4. The van der Waals surface area contributed by atoms with Gasteiger partial charge in [-0.3, -0.25) is 4.79 Å². The van der Waals surface area contributed by atoms with Crippen LogP contribution in [0.3, 0.4) is 0 Å². The maximum absolute atomic E-state index is 13.4. The standard InChI is InChI=1S/C18H16BrF2NO4S/c19-13-1-3-14(4-2-13)26-18(23)12-7-9-22(10-8-12)27(24,25)15-5-6-16(20)17(21)11-15/h1-6,11-12H,7-10H2. The smallest absolute Gasteiger partial charge is 0.314 e. The first-order valence-electron chi connectivity index (χ1n) is 8.20. The second-order valence-corrected chi connectivity index (χ2v) is 8.98. The van der Waals surface area contributed by atoms with Crippen molar-refractivity contribution in [3.05, 3.63) is 58.6 Å². The summed E-state index contributed by atoms with van der Waals surface area (Å²) in [5.74, 6) is -2.75. The van der Waals surface area contributed by atoms with E-state index in [1.807, 2.05) is 0 Å². The third-order valence-corrected chi connectivity index (χ3v) is 6.77. The number of ether oxygens (including phenoxy) is 1. The van der Waals surface area contributed by atoms with Gasteiger partial charge < -0.3 is 4.74 Å². The van der Waals surface area contributed by atoms with Crippen LogP contribution in [0.5, 0.6) is 5.75 Å². The van der Waals surface area contributed by atoms with Gasteiger partial charge in [0.05, 0.1) is 10.8 Å². The van der Waals surface area contributed by atoms with Gasteiger partial charge in [-0.2, -0.15) is 4.31 Å². The fraction of sp³-hybridized carbons (Fsp3) is 0.278. The number of carbonyl (C=O) groups excluding carboxylic acids is 1. The molecule has 0 N–H and O–H groups in total. The normalized spacial score (nSPS) is 16.3. The van der Waals surface area contributed by atoms with E-state index in [1.165, 1.54) is 4.31 Å². The average Bonchev–Trinajstić information content (AvgIpc) is 2.66. The summed E-state index contributed by atoms with van der Waals surface area (Å²) in [6.07, 6.45) is 0.580. The molecule has 1 aliphatic heterocycles. The van der Waals surface area contributed by atoms with E-state index in [0.29, 0.717) is 11.8 Å². The van der Waals surface area contributed by atoms with Crippen LogP contribution in [0.1, 0.15) is 12.8 Å². The molecule has 2 aromatic rings. The first-order chi connectivity index (χ1) is 12.8. The molecule has 0 aromatic heterocycles. The molecule has 1 aliphatic rings. The molecule has 9 heteroatoms. The number of piperidine rings is 1. The van der Waals surface area contributed by atoms with Gasteiger partial charge in [0.1, 0.15) is 5.75 Å². The molecule has 3 rings (SSSR count). The summed E-state index contributed by atoms with van der Waals surface area (Å²) in [6.45, 7) is 0.197. The fourth-order valence-corrected chi connectivity index (χ4v) is 4.57. The molecule has 1 fully saturated rings. The Morgan fingerprint density at radius 1 is 1.04 bits per heavy atom. The van der Waals surface area contributed by atoms with Gasteiger partial charge in [0.2, 0.25) is 10.0 Å². The Balaban J connectivity index is 1.63. The van der Waals surface area contributed by atoms with Crippen LogP contribution >= 0.6 is 15.9 Å². The van der Waals surface area contributed by atoms with Gasteiger partial charge in [-0.1, -0.05) is 15.9 Å². The molecule has 27 heavy (non-hydrogen) atoms. The lowest BCUT2D eigenvalue weighted by atomic mass is 9.98. The van der Waals surface area contributed by atoms with Crippen LogP contribution in [0.15, 0.2) is 51.8 Å². The monoisotopic (exact) mass is 459 g/mol. The Morgan fingerprint density at radius 2 is 1.67 bits per heavy atom. The molecule has 0 spiro atoms. The highest BCUT2D eigenvalue weighted by atomic mass is 79.9. The molecule has 0 bridgehead atoms. The Labute approximate surface area is 164 Å². The predicted molar refractivity (Wildman–Crippen MR) is 97.6 cm³/mol. The van der Waals surface area contributed by atoms with Crippen molar-refractivity contribution in [1.82, 2.24) is 4.31 Å². The number of carbonyl (C=O) groups is 1. The van der Waals surface area contributed by atoms with E-state index in [2.05, 4.69) is 15.9 Å². The second kappa shape index (κ2) is 8.04. The molecule has 2 aromatic carbocycles. The van der Waals surface area contributed by atoms with Crippen molar-refractivity contribution in [3.8, 4) is 5.75 Å². The van der Waals surface area contributed by atoms with E-state index in [0.717, 1.165) is 16.6 Å². The predicted octanol–water partition coefficient (Wildman–Crippen LogP) is 3.73. The Bertz CT molecular complexity index is 942. The van der Waals surface area contributed by atoms with Gasteiger partial charge in [-0.05, 0) is 55.3 Å². The molecule has 1 saturated heterocycles. The number of nitrogens with zero attached hydrogens (tertiary/aromatic N) is 1. The van der Waals surface area contributed by atoms with Crippen LogP contribution < -0.4 is 4.74 Å². The first kappa shape index (κ1) is 19.9. The average molecular weight is 460 g/mol. The number of sulfonamides is 1. The quantitative estimate of drug-likeness (QED) is 0.516. The van der Waals surface area contributed by atoms with Gasteiger partial charge in [-0.25, -0.2) is 17.2 Å². The highest BCUT2D eigenvalue weighted by molar-refractivity contribution is 9.10. The lowest BCUT2D eigenvalue weighted by molar-refractivity contribution is -0.140. The minimum atomic E-state index is -3.94. The van der Waals surface area contributed by atoms with Crippen molar-refractivity contribution >= 4 is 31.9 Å². The lowest BCUT2D eigenvalue weighted by Crippen LogP contribution is -2.41. The summed E-state index contributed by atoms with van der Waals surface area (Å²) < 4.78 is 58.9. The van der Waals surface area contributed by atoms with Crippen molar-refractivity contribution in [3.63, 3.8) is 0 Å². The van der Waals surface area contributed by atoms with Crippen LogP contribution in [-0.2, 0) is 14.8 Å². The van der Waals surface area contributed by atoms with Crippen LogP contribution in [0.2, 0.25) is 0 Å². The Hall–Kier alpha value is -1.84. The van der Waals surface area contributed by atoms with Crippen LogP contribution in [0.4, 0.5) is 8.78 Å². The van der Waals surface area contributed by atoms with E-state index in [9.17, 15) is 22.0 Å². The number of benzene rings is 2. The van der Waals surface area contributed by atoms with Crippen molar-refractivity contribution in [1.29, 1.82) is 0 Å². The molecule has 5 nitrogen and oxygen atoms in total. The summed E-state index contributed by atoms with van der Waals surface area (Å²) in [4.78, 5) is 12.0. The molecule has 0 unspecified atom stereocenters. The zero-order valence-electron chi connectivity index (χ0n) is 14.1. The number of rotatable bonds is 4. The summed E-state index contributed by atoms with van der Waals surface area (Å²) >= 11 is 3.29. The van der Waals surface area contributed by atoms with Gasteiger partial charge in [0.15, 0.2) is 11.6 Å². The largest absolute Gasteiger partial charge is 0.426 e. The van der Waals surface area contributed by atoms with E-state index in [4.69, 9.17) is 4.74 Å². The number of hydrogen-bond donors (Lipinski definition) is 0. The van der Waals surface area contributed by atoms with Gasteiger partial charge >= 0.3 is 5.97 Å². The topological polar surface area (TPSA) is 63.7 Å². The maximum Gasteiger partial charge on any atom is 0.314 e. The van der Waals surface area contributed by atoms with Crippen LogP contribution in [0.25, 0.3) is 0 Å². The van der Waals surface area contributed by atoms with E-state index in [-0.39, 0.29) is 30.8 Å². The zero-order valence-corrected chi connectivity index (χ0v) is 16.5. The molecule has 0 saturated carbocycles. The lowest BCUT2D eigenvalue weighted by Gasteiger charge is -2.30. The number of halogens is 3. The molecular formula is C18H16BrF2NO4S. The summed E-state index contributed by atoms with van der Waals surface area (Å²) in [6, 6.07) is 9.29. The Kier molecular flexibility index (Phi) is 5.92. The van der Waals surface area contributed by atoms with Crippen molar-refractivity contribution in [2.75, 3.05) is 13.1 Å². The molecule has 0 amide bonds. The van der Waals surface area contributed by atoms with Gasteiger partial charge in [-0.15, -0.1) is 0 Å². The SMILES string of the molecule is O=C(Oc1ccc(Br)cc1)C1CCN(S(=O)(=O)c2ccc(F)c(F)c2)CC1. The zero-order chi connectivity index (χ0) is 19.6.